The average Bonchev–Trinajstić information content (AvgIpc) is 3.02. The van der Waals surface area contributed by atoms with Crippen LogP contribution in [-0.4, -0.2) is 26.0 Å². The molecule has 0 aliphatic heterocycles. The molecular weight excluding hydrogens is 322 g/mol. The molecule has 0 unspecified atom stereocenters. The number of H-pyrrole nitrogens is 1. The second-order valence-corrected chi connectivity index (χ2v) is 5.43. The fourth-order valence-corrected chi connectivity index (χ4v) is 2.39. The minimum Gasteiger partial charge on any atom is -0.326 e. The Bertz CT molecular complexity index is 918. The molecule has 0 saturated carbocycles. The molecule has 8 nitrogen and oxygen atoms in total. The number of nitro benzene ring substituents is 1. The van der Waals surface area contributed by atoms with Crippen molar-refractivity contribution in [3.8, 4) is 11.4 Å². The van der Waals surface area contributed by atoms with Gasteiger partial charge in [-0.05, 0) is 31.2 Å². The maximum absolute atomic E-state index is 12.2. The van der Waals surface area contributed by atoms with Crippen LogP contribution in [-0.2, 0) is 11.2 Å². The number of aromatic amines is 1. The Labute approximate surface area is 143 Å². The van der Waals surface area contributed by atoms with Gasteiger partial charge >= 0.3 is 0 Å². The van der Waals surface area contributed by atoms with E-state index in [1.807, 2.05) is 6.92 Å². The number of aryl methyl sites for hydroxylation is 1. The summed E-state index contributed by atoms with van der Waals surface area (Å²) in [4.78, 5) is 26.9. The summed E-state index contributed by atoms with van der Waals surface area (Å²) in [6.07, 6.45) is -0.0704. The van der Waals surface area contributed by atoms with E-state index in [1.165, 1.54) is 6.07 Å². The van der Waals surface area contributed by atoms with E-state index in [-0.39, 0.29) is 18.0 Å². The predicted octanol–water partition coefficient (Wildman–Crippen LogP) is 2.87. The van der Waals surface area contributed by atoms with E-state index in [1.54, 1.807) is 42.5 Å². The van der Waals surface area contributed by atoms with Crippen molar-refractivity contribution in [3.05, 3.63) is 70.0 Å². The summed E-state index contributed by atoms with van der Waals surface area (Å²) in [5.41, 5.74) is 1.73. The summed E-state index contributed by atoms with van der Waals surface area (Å²) in [6, 6.07) is 13.3. The van der Waals surface area contributed by atoms with E-state index in [0.717, 1.165) is 11.4 Å². The zero-order valence-corrected chi connectivity index (χ0v) is 13.4. The smallest absolute Gasteiger partial charge is 0.273 e. The van der Waals surface area contributed by atoms with Gasteiger partial charge in [0.25, 0.3) is 5.69 Å². The number of hydrogen-bond donors (Lipinski definition) is 2. The molecule has 3 aromatic rings. The van der Waals surface area contributed by atoms with Gasteiger partial charge in [-0.25, -0.2) is 4.98 Å². The first-order chi connectivity index (χ1) is 12.0. The standard InChI is InChI=1S/C17H15N5O3/c1-11-18-17(21-20-11)12-6-8-14(9-7-12)19-16(23)10-13-4-2-3-5-15(13)22(24)25/h2-9H,10H2,1H3,(H,19,23)(H,18,20,21). The van der Waals surface area contributed by atoms with Crippen LogP contribution in [0.1, 0.15) is 11.4 Å². The molecule has 25 heavy (non-hydrogen) atoms. The number of nitrogens with one attached hydrogen (secondary N) is 2. The Balaban J connectivity index is 1.68. The van der Waals surface area contributed by atoms with Gasteiger partial charge in [0.05, 0.1) is 11.3 Å². The average molecular weight is 337 g/mol. The van der Waals surface area contributed by atoms with Crippen molar-refractivity contribution in [1.29, 1.82) is 0 Å². The molecule has 0 aliphatic carbocycles. The summed E-state index contributed by atoms with van der Waals surface area (Å²) >= 11 is 0. The van der Waals surface area contributed by atoms with E-state index < -0.39 is 4.92 Å². The highest BCUT2D eigenvalue weighted by atomic mass is 16.6. The molecule has 0 aliphatic rings. The zero-order chi connectivity index (χ0) is 17.8. The lowest BCUT2D eigenvalue weighted by Crippen LogP contribution is -2.15. The molecule has 126 valence electrons. The van der Waals surface area contributed by atoms with Crippen LogP contribution < -0.4 is 5.32 Å². The predicted molar refractivity (Wildman–Crippen MR) is 92.0 cm³/mol. The maximum atomic E-state index is 12.2. The number of nitrogens with zero attached hydrogens (tertiary/aromatic N) is 3. The third-order valence-electron chi connectivity index (χ3n) is 3.56. The zero-order valence-electron chi connectivity index (χ0n) is 13.4. The van der Waals surface area contributed by atoms with Crippen molar-refractivity contribution < 1.29 is 9.72 Å². The van der Waals surface area contributed by atoms with E-state index >= 15 is 0 Å². The van der Waals surface area contributed by atoms with E-state index in [0.29, 0.717) is 17.1 Å². The van der Waals surface area contributed by atoms with E-state index in [9.17, 15) is 14.9 Å². The number of nitro groups is 1. The Hall–Kier alpha value is -3.55. The summed E-state index contributed by atoms with van der Waals surface area (Å²) < 4.78 is 0. The number of para-hydroxylation sites is 1. The Morgan fingerprint density at radius 1 is 1.20 bits per heavy atom. The molecule has 0 radical (unpaired) electrons. The second kappa shape index (κ2) is 6.91. The minimum absolute atomic E-state index is 0.0621. The molecule has 1 amide bonds. The monoisotopic (exact) mass is 337 g/mol. The van der Waals surface area contributed by atoms with Crippen molar-refractivity contribution in [1.82, 2.24) is 15.2 Å². The number of aromatic nitrogens is 3. The van der Waals surface area contributed by atoms with Gasteiger partial charge in [0.1, 0.15) is 5.82 Å². The van der Waals surface area contributed by atoms with Gasteiger partial charge in [-0.1, -0.05) is 18.2 Å². The van der Waals surface area contributed by atoms with Crippen molar-refractivity contribution in [2.45, 2.75) is 13.3 Å². The van der Waals surface area contributed by atoms with Gasteiger partial charge in [-0.15, -0.1) is 0 Å². The highest BCUT2D eigenvalue weighted by Crippen LogP contribution is 2.20. The molecule has 8 heteroatoms. The molecule has 2 aromatic carbocycles. The molecule has 0 saturated heterocycles. The van der Waals surface area contributed by atoms with Gasteiger partial charge in [-0.3, -0.25) is 20.0 Å². The quantitative estimate of drug-likeness (QED) is 0.549. The van der Waals surface area contributed by atoms with Gasteiger partial charge in [0, 0.05) is 22.9 Å². The molecule has 1 aromatic heterocycles. The topological polar surface area (TPSA) is 114 Å². The number of carbonyl (C=O) groups is 1. The molecule has 0 bridgehead atoms. The maximum Gasteiger partial charge on any atom is 0.273 e. The van der Waals surface area contributed by atoms with Gasteiger partial charge in [0.15, 0.2) is 5.82 Å². The van der Waals surface area contributed by atoms with Crippen LogP contribution in [0.3, 0.4) is 0 Å². The van der Waals surface area contributed by atoms with Crippen LogP contribution in [0, 0.1) is 17.0 Å². The summed E-state index contributed by atoms with van der Waals surface area (Å²) in [7, 11) is 0. The van der Waals surface area contributed by atoms with E-state index in [4.69, 9.17) is 0 Å². The number of carbonyl (C=O) groups excluding carboxylic acids is 1. The fraction of sp³-hybridized carbons (Fsp3) is 0.118. The Kier molecular flexibility index (Phi) is 4.51. The number of benzene rings is 2. The summed E-state index contributed by atoms with van der Waals surface area (Å²) in [5, 5.41) is 20.6. The number of amides is 1. The van der Waals surface area contributed by atoms with Crippen LogP contribution in [0.2, 0.25) is 0 Å². The summed E-state index contributed by atoms with van der Waals surface area (Å²) in [5.74, 6) is 0.975. The van der Waals surface area contributed by atoms with Crippen LogP contribution in [0.15, 0.2) is 48.5 Å². The lowest BCUT2D eigenvalue weighted by atomic mass is 10.1. The van der Waals surface area contributed by atoms with E-state index in [2.05, 4.69) is 20.5 Å². The first-order valence-electron chi connectivity index (χ1n) is 7.54. The number of hydrogen-bond acceptors (Lipinski definition) is 5. The fourth-order valence-electron chi connectivity index (χ4n) is 2.39. The highest BCUT2D eigenvalue weighted by Gasteiger charge is 2.15. The van der Waals surface area contributed by atoms with Gasteiger partial charge in [-0.2, -0.15) is 5.10 Å². The van der Waals surface area contributed by atoms with Crippen LogP contribution in [0.4, 0.5) is 11.4 Å². The molecular formula is C17H15N5O3. The SMILES string of the molecule is Cc1nc(-c2ccc(NC(=O)Cc3ccccc3[N+](=O)[O-])cc2)n[nH]1. The molecule has 2 N–H and O–H groups in total. The van der Waals surface area contributed by atoms with Crippen molar-refractivity contribution in [2.75, 3.05) is 5.32 Å². The number of rotatable bonds is 5. The second-order valence-electron chi connectivity index (χ2n) is 5.43. The molecule has 0 fully saturated rings. The van der Waals surface area contributed by atoms with Crippen LogP contribution in [0.5, 0.6) is 0 Å². The van der Waals surface area contributed by atoms with Crippen molar-refractivity contribution in [2.24, 2.45) is 0 Å². The number of anilines is 1. The third-order valence-corrected chi connectivity index (χ3v) is 3.56. The summed E-state index contributed by atoms with van der Waals surface area (Å²) in [6.45, 7) is 1.81. The Morgan fingerprint density at radius 2 is 1.92 bits per heavy atom. The lowest BCUT2D eigenvalue weighted by Gasteiger charge is -2.06. The molecule has 0 atom stereocenters. The largest absolute Gasteiger partial charge is 0.326 e. The molecule has 1 heterocycles. The first kappa shape index (κ1) is 16.3. The van der Waals surface area contributed by atoms with Crippen molar-refractivity contribution in [3.63, 3.8) is 0 Å². The third kappa shape index (κ3) is 3.86. The normalized spacial score (nSPS) is 10.4. The highest BCUT2D eigenvalue weighted by molar-refractivity contribution is 5.93. The minimum atomic E-state index is -0.490. The first-order valence-corrected chi connectivity index (χ1v) is 7.54. The molecule has 0 spiro atoms. The van der Waals surface area contributed by atoms with Crippen LogP contribution in [0.25, 0.3) is 11.4 Å². The van der Waals surface area contributed by atoms with Gasteiger partial charge < -0.3 is 5.32 Å². The molecule has 3 rings (SSSR count). The Morgan fingerprint density at radius 3 is 2.56 bits per heavy atom. The van der Waals surface area contributed by atoms with Crippen LogP contribution >= 0.6 is 0 Å². The lowest BCUT2D eigenvalue weighted by molar-refractivity contribution is -0.385. The van der Waals surface area contributed by atoms with Gasteiger partial charge in [0.2, 0.25) is 5.91 Å². The van der Waals surface area contributed by atoms with Crippen molar-refractivity contribution >= 4 is 17.3 Å².